The Balaban J connectivity index is 0.00000144. The highest BCUT2D eigenvalue weighted by Gasteiger charge is 2.32. The van der Waals surface area contributed by atoms with Crippen molar-refractivity contribution in [3.05, 3.63) is 12.4 Å². The third kappa shape index (κ3) is 3.98. The van der Waals surface area contributed by atoms with E-state index in [9.17, 15) is 4.79 Å². The van der Waals surface area contributed by atoms with Gasteiger partial charge in [-0.05, 0) is 19.3 Å². The number of nitrogens with two attached hydrogens (primary N) is 1. The van der Waals surface area contributed by atoms with Gasteiger partial charge in [-0.15, -0.1) is 17.5 Å². The predicted molar refractivity (Wildman–Crippen MR) is 65.7 cm³/mol. The van der Waals surface area contributed by atoms with Gasteiger partial charge in [0.2, 0.25) is 5.91 Å². The van der Waals surface area contributed by atoms with E-state index in [2.05, 4.69) is 15.6 Å². The fourth-order valence-corrected chi connectivity index (χ4v) is 1.74. The molecule has 1 fully saturated rings. The molecule has 6 nitrogen and oxygen atoms in total. The fourth-order valence-electron chi connectivity index (χ4n) is 1.74. The van der Waals surface area contributed by atoms with E-state index in [0.29, 0.717) is 19.5 Å². The molecular formula is C10H18ClN5O. The topological polar surface area (TPSA) is 85.8 Å². The summed E-state index contributed by atoms with van der Waals surface area (Å²) >= 11 is 0. The molecule has 1 aromatic rings. The Morgan fingerprint density at radius 2 is 2.29 bits per heavy atom. The lowest BCUT2D eigenvalue weighted by Crippen LogP contribution is -2.55. The van der Waals surface area contributed by atoms with Crippen molar-refractivity contribution in [2.24, 2.45) is 5.73 Å². The summed E-state index contributed by atoms with van der Waals surface area (Å²) < 4.78 is 1.64. The first kappa shape index (κ1) is 13.9. The Hall–Kier alpha value is -1.14. The number of carbonyl (C=O) groups excluding carboxylic acids is 1. The van der Waals surface area contributed by atoms with Gasteiger partial charge in [0.05, 0.1) is 12.7 Å². The van der Waals surface area contributed by atoms with E-state index in [1.165, 1.54) is 6.42 Å². The Labute approximate surface area is 106 Å². The molecule has 1 aliphatic rings. The van der Waals surface area contributed by atoms with Crippen LogP contribution in [0.5, 0.6) is 0 Å². The highest BCUT2D eigenvalue weighted by Crippen LogP contribution is 2.27. The Bertz CT molecular complexity index is 350. The third-order valence-corrected chi connectivity index (χ3v) is 3.03. The monoisotopic (exact) mass is 259 g/mol. The summed E-state index contributed by atoms with van der Waals surface area (Å²) in [6, 6.07) is 0. The zero-order valence-corrected chi connectivity index (χ0v) is 10.4. The molecule has 3 N–H and O–H groups in total. The minimum absolute atomic E-state index is 0. The van der Waals surface area contributed by atoms with Crippen LogP contribution >= 0.6 is 12.4 Å². The van der Waals surface area contributed by atoms with E-state index in [1.54, 1.807) is 17.1 Å². The molecule has 0 aromatic carbocycles. The number of carbonyl (C=O) groups is 1. The van der Waals surface area contributed by atoms with Gasteiger partial charge in [-0.3, -0.25) is 9.48 Å². The second-order valence-electron chi connectivity index (χ2n) is 4.41. The quantitative estimate of drug-likeness (QED) is 0.785. The zero-order chi connectivity index (χ0) is 11.4. The van der Waals surface area contributed by atoms with E-state index >= 15 is 0 Å². The number of nitrogens with zero attached hydrogens (tertiary/aromatic N) is 3. The van der Waals surface area contributed by atoms with Crippen LogP contribution in [-0.4, -0.2) is 33.0 Å². The summed E-state index contributed by atoms with van der Waals surface area (Å²) in [5.41, 5.74) is 5.85. The lowest BCUT2D eigenvalue weighted by atomic mass is 9.78. The molecule has 0 atom stereocenters. The average molecular weight is 260 g/mol. The van der Waals surface area contributed by atoms with Crippen molar-refractivity contribution in [3.63, 3.8) is 0 Å². The summed E-state index contributed by atoms with van der Waals surface area (Å²) in [5, 5.41) is 10.3. The van der Waals surface area contributed by atoms with Crippen LogP contribution in [0.1, 0.15) is 25.7 Å². The van der Waals surface area contributed by atoms with E-state index in [1.807, 2.05) is 0 Å². The van der Waals surface area contributed by atoms with Crippen LogP contribution in [0.4, 0.5) is 0 Å². The molecule has 1 aliphatic carbocycles. The van der Waals surface area contributed by atoms with E-state index < -0.39 is 0 Å². The molecule has 1 saturated carbocycles. The maximum atomic E-state index is 11.5. The number of aromatic nitrogens is 3. The van der Waals surface area contributed by atoms with Gasteiger partial charge in [0.1, 0.15) is 0 Å². The van der Waals surface area contributed by atoms with Crippen LogP contribution < -0.4 is 11.1 Å². The smallest absolute Gasteiger partial charge is 0.221 e. The van der Waals surface area contributed by atoms with Crippen LogP contribution in [0.15, 0.2) is 12.4 Å². The van der Waals surface area contributed by atoms with Gasteiger partial charge in [0.15, 0.2) is 0 Å². The Morgan fingerprint density at radius 1 is 1.53 bits per heavy atom. The number of amides is 1. The zero-order valence-electron chi connectivity index (χ0n) is 9.63. The van der Waals surface area contributed by atoms with Gasteiger partial charge in [-0.1, -0.05) is 5.21 Å². The maximum Gasteiger partial charge on any atom is 0.221 e. The van der Waals surface area contributed by atoms with Gasteiger partial charge < -0.3 is 11.1 Å². The third-order valence-electron chi connectivity index (χ3n) is 3.03. The van der Waals surface area contributed by atoms with Crippen molar-refractivity contribution in [2.75, 3.05) is 6.54 Å². The SMILES string of the molecule is Cl.NC1(CNC(=O)CCn2ccnn2)CCC1. The van der Waals surface area contributed by atoms with Gasteiger partial charge in [-0.25, -0.2) is 0 Å². The molecule has 96 valence electrons. The molecule has 17 heavy (non-hydrogen) atoms. The standard InChI is InChI=1S/C10H17N5O.ClH/c11-10(3-1-4-10)8-12-9(16)2-6-15-7-5-13-14-15;/h5,7H,1-4,6,8,11H2,(H,12,16);1H. The first-order valence-electron chi connectivity index (χ1n) is 5.58. The van der Waals surface area contributed by atoms with Crippen molar-refractivity contribution in [2.45, 2.75) is 37.8 Å². The number of hydrogen-bond acceptors (Lipinski definition) is 4. The molecule has 0 spiro atoms. The fraction of sp³-hybridized carbons (Fsp3) is 0.700. The van der Waals surface area contributed by atoms with Gasteiger partial charge in [0, 0.05) is 24.7 Å². The summed E-state index contributed by atoms with van der Waals surface area (Å²) in [6.45, 7) is 1.15. The van der Waals surface area contributed by atoms with Crippen molar-refractivity contribution in [1.29, 1.82) is 0 Å². The molecule has 2 rings (SSSR count). The molecule has 1 amide bonds. The Morgan fingerprint density at radius 3 is 2.82 bits per heavy atom. The summed E-state index contributed by atoms with van der Waals surface area (Å²) in [6.07, 6.45) is 6.95. The van der Waals surface area contributed by atoms with Crippen LogP contribution in [0.3, 0.4) is 0 Å². The molecule has 1 aromatic heterocycles. The summed E-state index contributed by atoms with van der Waals surface area (Å²) in [5.74, 6) is 0.0206. The largest absolute Gasteiger partial charge is 0.354 e. The predicted octanol–water partition coefficient (Wildman–Crippen LogP) is 0.0876. The van der Waals surface area contributed by atoms with Gasteiger partial charge in [-0.2, -0.15) is 0 Å². The minimum atomic E-state index is -0.150. The first-order valence-corrected chi connectivity index (χ1v) is 5.58. The lowest BCUT2D eigenvalue weighted by molar-refractivity contribution is -0.121. The Kier molecular flexibility index (Phi) is 4.89. The lowest BCUT2D eigenvalue weighted by Gasteiger charge is -2.38. The normalized spacial score (nSPS) is 16.8. The second-order valence-corrected chi connectivity index (χ2v) is 4.41. The molecule has 0 aliphatic heterocycles. The number of aryl methyl sites for hydroxylation is 1. The van der Waals surface area contributed by atoms with E-state index in [4.69, 9.17) is 5.73 Å². The van der Waals surface area contributed by atoms with Crippen LogP contribution in [0, 0.1) is 0 Å². The molecule has 1 heterocycles. The molecule has 7 heteroatoms. The molecule has 0 bridgehead atoms. The van der Waals surface area contributed by atoms with Crippen molar-refractivity contribution in [1.82, 2.24) is 20.3 Å². The van der Waals surface area contributed by atoms with Crippen LogP contribution in [0.2, 0.25) is 0 Å². The number of nitrogens with one attached hydrogen (secondary N) is 1. The van der Waals surface area contributed by atoms with Gasteiger partial charge in [0.25, 0.3) is 0 Å². The number of hydrogen-bond donors (Lipinski definition) is 2. The molecular weight excluding hydrogens is 242 g/mol. The second kappa shape index (κ2) is 5.97. The minimum Gasteiger partial charge on any atom is -0.354 e. The van der Waals surface area contributed by atoms with Crippen LogP contribution in [-0.2, 0) is 11.3 Å². The number of halogens is 1. The molecule has 0 saturated heterocycles. The van der Waals surface area contributed by atoms with E-state index in [-0.39, 0.29) is 23.9 Å². The first-order chi connectivity index (χ1) is 7.68. The highest BCUT2D eigenvalue weighted by molar-refractivity contribution is 5.85. The van der Waals surface area contributed by atoms with Crippen molar-refractivity contribution < 1.29 is 4.79 Å². The van der Waals surface area contributed by atoms with Crippen molar-refractivity contribution in [3.8, 4) is 0 Å². The highest BCUT2D eigenvalue weighted by atomic mass is 35.5. The maximum absolute atomic E-state index is 11.5. The molecule has 0 radical (unpaired) electrons. The van der Waals surface area contributed by atoms with Crippen LogP contribution in [0.25, 0.3) is 0 Å². The number of rotatable bonds is 5. The van der Waals surface area contributed by atoms with Crippen molar-refractivity contribution >= 4 is 18.3 Å². The van der Waals surface area contributed by atoms with E-state index in [0.717, 1.165) is 12.8 Å². The summed E-state index contributed by atoms with van der Waals surface area (Å²) in [7, 11) is 0. The van der Waals surface area contributed by atoms with Gasteiger partial charge >= 0.3 is 0 Å². The summed E-state index contributed by atoms with van der Waals surface area (Å²) in [4.78, 5) is 11.5. The average Bonchev–Trinajstić information content (AvgIpc) is 2.73. The molecule has 0 unspecified atom stereocenters.